The Bertz CT molecular complexity index is 1580. The first-order valence-corrected chi connectivity index (χ1v) is 11.3. The summed E-state index contributed by atoms with van der Waals surface area (Å²) in [7, 11) is 0. The number of benzene rings is 3. The van der Waals surface area contributed by atoms with Crippen molar-refractivity contribution >= 4 is 17.4 Å². The van der Waals surface area contributed by atoms with E-state index >= 15 is 0 Å². The van der Waals surface area contributed by atoms with Gasteiger partial charge in [0.1, 0.15) is 11.5 Å². The molecule has 2 aromatic heterocycles. The van der Waals surface area contributed by atoms with Crippen molar-refractivity contribution in [2.45, 2.75) is 6.54 Å². The van der Waals surface area contributed by atoms with Crippen molar-refractivity contribution in [2.24, 2.45) is 0 Å². The number of hydrogen-bond donors (Lipinski definition) is 2. The van der Waals surface area contributed by atoms with Crippen LogP contribution < -0.4 is 20.1 Å². The lowest BCUT2D eigenvalue weighted by molar-refractivity contribution is 0.174. The van der Waals surface area contributed by atoms with E-state index in [0.717, 1.165) is 11.1 Å². The van der Waals surface area contributed by atoms with Gasteiger partial charge in [-0.2, -0.15) is 4.98 Å². The van der Waals surface area contributed by atoms with Gasteiger partial charge in [0.25, 0.3) is 5.89 Å². The molecule has 3 heterocycles. The van der Waals surface area contributed by atoms with E-state index in [1.165, 1.54) is 12.1 Å². The second-order valence-corrected chi connectivity index (χ2v) is 8.18. The lowest BCUT2D eigenvalue weighted by Gasteiger charge is -2.09. The fraction of sp³-hybridized carbons (Fsp3) is 0.0769. The first kappa shape index (κ1) is 22.3. The van der Waals surface area contributed by atoms with Gasteiger partial charge in [-0.15, -0.1) is 0 Å². The van der Waals surface area contributed by atoms with Crippen molar-refractivity contribution in [1.82, 2.24) is 19.7 Å². The number of para-hydroxylation sites is 1. The Morgan fingerprint density at radius 2 is 1.84 bits per heavy atom. The number of carbonyl (C=O) groups excluding carboxylic acids is 1. The van der Waals surface area contributed by atoms with Gasteiger partial charge in [0, 0.05) is 24.0 Å². The van der Waals surface area contributed by atoms with Gasteiger partial charge in [-0.3, -0.25) is 0 Å². The Labute approximate surface area is 209 Å². The summed E-state index contributed by atoms with van der Waals surface area (Å²) in [6, 6.07) is 18.2. The average molecular weight is 498 g/mol. The maximum Gasteiger partial charge on any atom is 0.323 e. The van der Waals surface area contributed by atoms with Crippen molar-refractivity contribution in [3.05, 3.63) is 90.6 Å². The molecule has 0 saturated heterocycles. The minimum absolute atomic E-state index is 0.108. The number of urea groups is 1. The van der Waals surface area contributed by atoms with Gasteiger partial charge in [0.2, 0.25) is 12.6 Å². The number of hydrogen-bond acceptors (Lipinski definition) is 7. The Morgan fingerprint density at radius 3 is 2.70 bits per heavy atom. The lowest BCUT2D eigenvalue weighted by atomic mass is 10.2. The normalized spacial score (nSPS) is 11.9. The fourth-order valence-corrected chi connectivity index (χ4v) is 3.79. The van der Waals surface area contributed by atoms with Gasteiger partial charge >= 0.3 is 6.03 Å². The summed E-state index contributed by atoms with van der Waals surface area (Å²) in [5.74, 6) is 1.54. The molecule has 1 aliphatic heterocycles. The van der Waals surface area contributed by atoms with Crippen LogP contribution in [0.1, 0.15) is 5.56 Å². The molecule has 10 nitrogen and oxygen atoms in total. The van der Waals surface area contributed by atoms with Gasteiger partial charge < -0.3 is 29.2 Å². The highest BCUT2D eigenvalue weighted by Gasteiger charge is 2.18. The molecule has 2 N–H and O–H groups in total. The molecule has 2 amide bonds. The summed E-state index contributed by atoms with van der Waals surface area (Å²) >= 11 is 0. The maximum atomic E-state index is 13.7. The predicted molar refractivity (Wildman–Crippen MR) is 132 cm³/mol. The molecule has 1 aliphatic rings. The molecule has 0 atom stereocenters. The van der Waals surface area contributed by atoms with E-state index in [1.807, 2.05) is 29.0 Å². The molecule has 0 aliphatic carbocycles. The first-order valence-electron chi connectivity index (χ1n) is 11.3. The zero-order chi connectivity index (χ0) is 25.2. The Kier molecular flexibility index (Phi) is 5.70. The van der Waals surface area contributed by atoms with Crippen molar-refractivity contribution < 1.29 is 23.2 Å². The summed E-state index contributed by atoms with van der Waals surface area (Å²) in [4.78, 5) is 21.0. The number of amides is 2. The van der Waals surface area contributed by atoms with E-state index in [-0.39, 0.29) is 12.5 Å². The zero-order valence-corrected chi connectivity index (χ0v) is 19.2. The number of imidazole rings is 1. The summed E-state index contributed by atoms with van der Waals surface area (Å²) in [5, 5.41) is 9.22. The number of halogens is 1. The Hall–Kier alpha value is -5.19. The topological polar surface area (TPSA) is 116 Å². The number of fused-ring (bicyclic) bond motifs is 1. The van der Waals surface area contributed by atoms with Crippen LogP contribution in [0.15, 0.2) is 83.8 Å². The summed E-state index contributed by atoms with van der Waals surface area (Å²) in [6.45, 7) is 0.732. The highest BCUT2D eigenvalue weighted by molar-refractivity contribution is 5.99. The molecular formula is C26H19FN6O4. The largest absolute Gasteiger partial charge is 0.454 e. The molecule has 184 valence electrons. The third-order valence-electron chi connectivity index (χ3n) is 5.61. The number of nitrogens with one attached hydrogen (secondary N) is 2. The average Bonchev–Trinajstić information content (AvgIpc) is 3.67. The molecule has 0 spiro atoms. The van der Waals surface area contributed by atoms with Crippen LogP contribution in [0.25, 0.3) is 23.0 Å². The van der Waals surface area contributed by atoms with Gasteiger partial charge in [-0.1, -0.05) is 29.4 Å². The predicted octanol–water partition coefficient (Wildman–Crippen LogP) is 5.16. The van der Waals surface area contributed by atoms with Crippen LogP contribution in [0.5, 0.6) is 11.5 Å². The molecule has 0 saturated carbocycles. The molecule has 37 heavy (non-hydrogen) atoms. The van der Waals surface area contributed by atoms with E-state index < -0.39 is 11.8 Å². The van der Waals surface area contributed by atoms with Crippen LogP contribution in [-0.2, 0) is 6.54 Å². The summed E-state index contributed by atoms with van der Waals surface area (Å²) in [6.07, 6.45) is 3.48. The van der Waals surface area contributed by atoms with Gasteiger partial charge in [0.05, 0.1) is 12.0 Å². The van der Waals surface area contributed by atoms with E-state index in [1.54, 1.807) is 42.7 Å². The third kappa shape index (κ3) is 4.82. The number of nitrogens with zero attached hydrogens (tertiary/aromatic N) is 4. The second-order valence-electron chi connectivity index (χ2n) is 8.18. The van der Waals surface area contributed by atoms with Crippen molar-refractivity contribution in [1.29, 1.82) is 0 Å². The number of anilines is 2. The third-order valence-corrected chi connectivity index (χ3v) is 5.61. The van der Waals surface area contributed by atoms with Crippen LogP contribution in [0.3, 0.4) is 0 Å². The highest BCUT2D eigenvalue weighted by atomic mass is 19.1. The maximum absolute atomic E-state index is 13.7. The molecule has 3 aromatic carbocycles. The van der Waals surface area contributed by atoms with E-state index in [9.17, 15) is 9.18 Å². The Balaban J connectivity index is 1.08. The van der Waals surface area contributed by atoms with E-state index in [0.29, 0.717) is 41.1 Å². The molecular weight excluding hydrogens is 479 g/mol. The molecule has 0 unspecified atom stereocenters. The highest BCUT2D eigenvalue weighted by Crippen LogP contribution is 2.35. The minimum Gasteiger partial charge on any atom is -0.454 e. The molecule has 11 heteroatoms. The molecule has 0 fully saturated rings. The number of aromatic nitrogens is 4. The molecule has 5 aromatic rings. The van der Waals surface area contributed by atoms with Gasteiger partial charge in [-0.05, 0) is 48.0 Å². The summed E-state index contributed by atoms with van der Waals surface area (Å²) < 4.78 is 31.7. The van der Waals surface area contributed by atoms with Crippen LogP contribution in [0.2, 0.25) is 0 Å². The van der Waals surface area contributed by atoms with Crippen LogP contribution in [0, 0.1) is 5.82 Å². The fourth-order valence-electron chi connectivity index (χ4n) is 3.79. The number of rotatable bonds is 6. The molecule has 6 rings (SSSR count). The first-order chi connectivity index (χ1) is 18.1. The lowest BCUT2D eigenvalue weighted by Crippen LogP contribution is -2.20. The minimum atomic E-state index is -0.531. The summed E-state index contributed by atoms with van der Waals surface area (Å²) in [5.41, 5.74) is 2.95. The number of carbonyl (C=O) groups is 1. The van der Waals surface area contributed by atoms with Crippen LogP contribution >= 0.6 is 0 Å². The van der Waals surface area contributed by atoms with Crippen LogP contribution in [-0.4, -0.2) is 32.5 Å². The van der Waals surface area contributed by atoms with Gasteiger partial charge in [-0.25, -0.2) is 14.2 Å². The van der Waals surface area contributed by atoms with E-state index in [4.69, 9.17) is 14.0 Å². The SMILES string of the molecule is O=C(Nc1ccc(Cn2cnc(-c3nc(-c4ccc5c(c4)OCO5)no3)c2)cc1)Nc1ccccc1F. The smallest absolute Gasteiger partial charge is 0.323 e. The van der Waals surface area contributed by atoms with Crippen molar-refractivity contribution in [3.8, 4) is 34.5 Å². The zero-order valence-electron chi connectivity index (χ0n) is 19.2. The Morgan fingerprint density at radius 1 is 1.00 bits per heavy atom. The molecule has 0 bridgehead atoms. The monoisotopic (exact) mass is 498 g/mol. The van der Waals surface area contributed by atoms with Crippen molar-refractivity contribution in [2.75, 3.05) is 17.4 Å². The molecule has 0 radical (unpaired) electrons. The number of ether oxygens (including phenoxy) is 2. The standard InChI is InChI=1S/C26H19FN6O4/c27-19-3-1-2-4-20(19)30-26(34)29-18-8-5-16(6-9-18)12-33-13-21(28-14-33)25-31-24(32-37-25)17-7-10-22-23(11-17)36-15-35-22/h1-11,13-14H,12,15H2,(H2,29,30,34). The van der Waals surface area contributed by atoms with Crippen molar-refractivity contribution in [3.63, 3.8) is 0 Å². The quantitative estimate of drug-likeness (QED) is 0.332. The second kappa shape index (κ2) is 9.46. The van der Waals surface area contributed by atoms with E-state index in [2.05, 4.69) is 25.8 Å². The van der Waals surface area contributed by atoms with Crippen LogP contribution in [0.4, 0.5) is 20.6 Å². The van der Waals surface area contributed by atoms with Gasteiger partial charge in [0.15, 0.2) is 11.5 Å².